The molecule has 11 aromatic rings. The molecule has 8 aromatic carbocycles. The van der Waals surface area contributed by atoms with Crippen molar-refractivity contribution in [2.45, 2.75) is 0 Å². The smallest absolute Gasteiger partial charge is 0.159 e. The zero-order chi connectivity index (χ0) is 34.2. The van der Waals surface area contributed by atoms with E-state index in [0.29, 0.717) is 0 Å². The fourth-order valence-corrected chi connectivity index (χ4v) is 9.13. The molecule has 0 aliphatic carbocycles. The van der Waals surface area contributed by atoms with Crippen LogP contribution in [0.15, 0.2) is 185 Å². The number of furan rings is 2. The van der Waals surface area contributed by atoms with Crippen LogP contribution in [-0.4, -0.2) is 0 Å². The molecule has 0 unspecified atom stereocenters. The van der Waals surface area contributed by atoms with E-state index in [9.17, 15) is 0 Å². The van der Waals surface area contributed by atoms with Crippen molar-refractivity contribution in [2.24, 2.45) is 0 Å². The van der Waals surface area contributed by atoms with Gasteiger partial charge >= 0.3 is 0 Å². The van der Waals surface area contributed by atoms with Gasteiger partial charge in [0.25, 0.3) is 0 Å². The number of rotatable bonds is 5. The van der Waals surface area contributed by atoms with Gasteiger partial charge in [-0.15, -0.1) is 11.3 Å². The quantitative estimate of drug-likeness (QED) is 0.181. The zero-order valence-corrected chi connectivity index (χ0v) is 28.7. The van der Waals surface area contributed by atoms with Crippen molar-refractivity contribution < 1.29 is 8.83 Å². The average molecular weight is 684 g/mol. The minimum atomic E-state index is 0.836. The van der Waals surface area contributed by atoms with Crippen LogP contribution in [0.1, 0.15) is 0 Å². The first-order valence-electron chi connectivity index (χ1n) is 17.5. The third-order valence-electron chi connectivity index (χ3n) is 10.3. The Hall–Kier alpha value is -6.62. The second-order valence-electron chi connectivity index (χ2n) is 13.2. The second kappa shape index (κ2) is 11.5. The second-order valence-corrected chi connectivity index (χ2v) is 14.3. The van der Waals surface area contributed by atoms with Gasteiger partial charge in [-0.05, 0) is 59.2 Å². The number of fused-ring (bicyclic) bond motifs is 9. The predicted molar refractivity (Wildman–Crippen MR) is 219 cm³/mol. The number of nitrogens with zero attached hydrogens (tertiary/aromatic N) is 1. The Balaban J connectivity index is 1.16. The number of benzene rings is 8. The molecule has 52 heavy (non-hydrogen) atoms. The predicted octanol–water partition coefficient (Wildman–Crippen LogP) is 14.7. The summed E-state index contributed by atoms with van der Waals surface area (Å²) in [6, 6.07) is 62.3. The fraction of sp³-hybridized carbons (Fsp3) is 0. The number of thiophene rings is 1. The summed E-state index contributed by atoms with van der Waals surface area (Å²) in [6.07, 6.45) is 0. The summed E-state index contributed by atoms with van der Waals surface area (Å²) in [5.74, 6) is 0. The SMILES string of the molecule is c1ccc(-c2cccc3c2oc2c(N(c4cccc(-c5cccc6c5sc5ccccc56)c4)c4ccc5c(c4)oc4ccccc45)cccc23)cc1. The summed E-state index contributed by atoms with van der Waals surface area (Å²) < 4.78 is 16.0. The molecule has 11 rings (SSSR count). The normalized spacial score (nSPS) is 11.8. The Bertz CT molecular complexity index is 3150. The summed E-state index contributed by atoms with van der Waals surface area (Å²) in [4.78, 5) is 2.31. The maximum absolute atomic E-state index is 6.97. The Labute approximate surface area is 303 Å². The molecule has 0 amide bonds. The molecule has 0 radical (unpaired) electrons. The van der Waals surface area contributed by atoms with Crippen molar-refractivity contribution in [3.8, 4) is 22.3 Å². The zero-order valence-electron chi connectivity index (χ0n) is 27.9. The van der Waals surface area contributed by atoms with Crippen molar-refractivity contribution >= 4 is 92.4 Å². The minimum absolute atomic E-state index is 0.836. The third-order valence-corrected chi connectivity index (χ3v) is 11.5. The molecule has 0 atom stereocenters. The Morgan fingerprint density at radius 1 is 0.385 bits per heavy atom. The van der Waals surface area contributed by atoms with Gasteiger partial charge in [-0.25, -0.2) is 0 Å². The number of para-hydroxylation sites is 3. The van der Waals surface area contributed by atoms with E-state index in [4.69, 9.17) is 8.83 Å². The summed E-state index contributed by atoms with van der Waals surface area (Å²) in [7, 11) is 0. The fourth-order valence-electron chi connectivity index (χ4n) is 7.89. The molecule has 0 spiro atoms. The van der Waals surface area contributed by atoms with E-state index in [1.807, 2.05) is 29.5 Å². The van der Waals surface area contributed by atoms with E-state index in [1.165, 1.54) is 25.7 Å². The number of hydrogen-bond donors (Lipinski definition) is 0. The van der Waals surface area contributed by atoms with Crippen LogP contribution in [0.3, 0.4) is 0 Å². The van der Waals surface area contributed by atoms with Gasteiger partial charge < -0.3 is 13.7 Å². The Kier molecular flexibility index (Phi) is 6.42. The first-order chi connectivity index (χ1) is 25.8. The maximum atomic E-state index is 6.97. The molecule has 4 heteroatoms. The van der Waals surface area contributed by atoms with Gasteiger partial charge in [0, 0.05) is 59.0 Å². The molecule has 0 bridgehead atoms. The standard InChI is InChI=1S/C48H29NO2S/c1-2-12-30(13-3-1)34-18-9-20-39-40-21-11-23-42(47(40)51-46(34)39)49(33-26-27-37-36-16-4-6-24-43(36)50-44(37)29-33)32-15-8-14-31(28-32)35-19-10-22-41-38-17-5-7-25-45(38)52-48(35)41/h1-29H. The van der Waals surface area contributed by atoms with Crippen molar-refractivity contribution in [1.82, 2.24) is 0 Å². The first kappa shape index (κ1) is 29.1. The minimum Gasteiger partial charge on any atom is -0.456 e. The lowest BCUT2D eigenvalue weighted by atomic mass is 10.0. The van der Waals surface area contributed by atoms with E-state index in [0.717, 1.165) is 77.6 Å². The molecular weight excluding hydrogens is 655 g/mol. The highest BCUT2D eigenvalue weighted by Gasteiger charge is 2.22. The van der Waals surface area contributed by atoms with E-state index in [1.54, 1.807) is 0 Å². The van der Waals surface area contributed by atoms with Crippen molar-refractivity contribution in [1.29, 1.82) is 0 Å². The molecule has 0 fully saturated rings. The van der Waals surface area contributed by atoms with Crippen LogP contribution in [0.5, 0.6) is 0 Å². The largest absolute Gasteiger partial charge is 0.456 e. The van der Waals surface area contributed by atoms with Gasteiger partial charge in [-0.2, -0.15) is 0 Å². The molecule has 3 nitrogen and oxygen atoms in total. The Morgan fingerprint density at radius 3 is 1.94 bits per heavy atom. The highest BCUT2D eigenvalue weighted by Crippen LogP contribution is 2.46. The van der Waals surface area contributed by atoms with Gasteiger partial charge in [-0.1, -0.05) is 127 Å². The van der Waals surface area contributed by atoms with Gasteiger partial charge in [-0.3, -0.25) is 0 Å². The monoisotopic (exact) mass is 683 g/mol. The van der Waals surface area contributed by atoms with Crippen LogP contribution in [0.4, 0.5) is 17.1 Å². The van der Waals surface area contributed by atoms with Gasteiger partial charge in [0.15, 0.2) is 5.58 Å². The lowest BCUT2D eigenvalue weighted by Crippen LogP contribution is -2.10. The van der Waals surface area contributed by atoms with Crippen LogP contribution in [0.25, 0.3) is 86.3 Å². The van der Waals surface area contributed by atoms with Gasteiger partial charge in [0.2, 0.25) is 0 Å². The van der Waals surface area contributed by atoms with Crippen LogP contribution >= 0.6 is 11.3 Å². The van der Waals surface area contributed by atoms with E-state index in [2.05, 4.69) is 163 Å². The molecule has 244 valence electrons. The summed E-state index contributed by atoms with van der Waals surface area (Å²) >= 11 is 1.86. The molecule has 3 heterocycles. The first-order valence-corrected chi connectivity index (χ1v) is 18.3. The number of hydrogen-bond acceptors (Lipinski definition) is 4. The summed E-state index contributed by atoms with van der Waals surface area (Å²) in [5.41, 5.74) is 11.0. The molecule has 0 aliphatic rings. The van der Waals surface area contributed by atoms with Gasteiger partial charge in [0.1, 0.15) is 16.7 Å². The third kappa shape index (κ3) is 4.45. The number of anilines is 3. The van der Waals surface area contributed by atoms with Gasteiger partial charge in [0.05, 0.1) is 11.4 Å². The highest BCUT2D eigenvalue weighted by atomic mass is 32.1. The molecule has 0 aliphatic heterocycles. The van der Waals surface area contributed by atoms with E-state index >= 15 is 0 Å². The van der Waals surface area contributed by atoms with E-state index in [-0.39, 0.29) is 0 Å². The summed E-state index contributed by atoms with van der Waals surface area (Å²) in [5, 5.41) is 6.97. The van der Waals surface area contributed by atoms with Crippen LogP contribution in [0, 0.1) is 0 Å². The van der Waals surface area contributed by atoms with Crippen LogP contribution in [0.2, 0.25) is 0 Å². The molecule has 0 saturated carbocycles. The molecule has 0 saturated heterocycles. The van der Waals surface area contributed by atoms with Crippen molar-refractivity contribution in [3.05, 3.63) is 176 Å². The molecule has 3 aromatic heterocycles. The lowest BCUT2D eigenvalue weighted by molar-refractivity contribution is 0.668. The highest BCUT2D eigenvalue weighted by molar-refractivity contribution is 7.26. The topological polar surface area (TPSA) is 29.5 Å². The lowest BCUT2D eigenvalue weighted by Gasteiger charge is -2.26. The summed E-state index contributed by atoms with van der Waals surface area (Å²) in [6.45, 7) is 0. The maximum Gasteiger partial charge on any atom is 0.159 e. The molecule has 0 N–H and O–H groups in total. The van der Waals surface area contributed by atoms with Crippen molar-refractivity contribution in [2.75, 3.05) is 4.90 Å². The average Bonchev–Trinajstić information content (AvgIpc) is 3.90. The Morgan fingerprint density at radius 2 is 1.04 bits per heavy atom. The van der Waals surface area contributed by atoms with Crippen molar-refractivity contribution in [3.63, 3.8) is 0 Å². The van der Waals surface area contributed by atoms with E-state index < -0.39 is 0 Å². The van der Waals surface area contributed by atoms with Crippen LogP contribution < -0.4 is 4.90 Å². The van der Waals surface area contributed by atoms with Crippen LogP contribution in [-0.2, 0) is 0 Å². The molecular formula is C48H29NO2S.